The molecule has 4 rings (SSSR count). The van der Waals surface area contributed by atoms with Crippen molar-refractivity contribution in [3.63, 3.8) is 0 Å². The summed E-state index contributed by atoms with van der Waals surface area (Å²) in [6.45, 7) is 3.52. The first-order valence-corrected chi connectivity index (χ1v) is 10.2. The molecule has 0 bridgehead atoms. The zero-order chi connectivity index (χ0) is 20.6. The van der Waals surface area contributed by atoms with Gasteiger partial charge in [0, 0.05) is 0 Å². The normalized spacial score (nSPS) is 25.1. The zero-order valence-electron chi connectivity index (χ0n) is 16.8. The lowest BCUT2D eigenvalue weighted by molar-refractivity contribution is -0.136. The van der Waals surface area contributed by atoms with Crippen molar-refractivity contribution in [2.75, 3.05) is 13.3 Å². The minimum absolute atomic E-state index is 0.119. The molecule has 0 aromatic heterocycles. The molecular weight excluding hydrogens is 374 g/mol. The smallest absolute Gasteiger partial charge is 0.325 e. The number of nitrogens with zero attached hydrogens (tertiary/aromatic N) is 1. The predicted octanol–water partition coefficient (Wildman–Crippen LogP) is 2.48. The molecule has 29 heavy (non-hydrogen) atoms. The van der Waals surface area contributed by atoms with Crippen LogP contribution in [0.3, 0.4) is 0 Å². The standard InChI is InChI=1S/C21H27N3O5/c1-13(14-8-9-16-17(10-14)29-12-28-16)22-18(25)11-24-19(26)21(2,23-20(24)27)15-6-4-3-5-7-15/h8-10,13,15H,3-7,11-12H2,1-2H3,(H,22,25)(H,23,27)/t13-,21+/m0/s1. The molecule has 2 aliphatic heterocycles. The minimum Gasteiger partial charge on any atom is -0.454 e. The highest BCUT2D eigenvalue weighted by Crippen LogP contribution is 2.36. The number of fused-ring (bicyclic) bond motifs is 1. The van der Waals surface area contributed by atoms with Gasteiger partial charge in [0.05, 0.1) is 6.04 Å². The molecule has 0 unspecified atom stereocenters. The van der Waals surface area contributed by atoms with Crippen LogP contribution in [0.2, 0.25) is 0 Å². The number of ether oxygens (including phenoxy) is 2. The van der Waals surface area contributed by atoms with Crippen LogP contribution in [0, 0.1) is 5.92 Å². The lowest BCUT2D eigenvalue weighted by Gasteiger charge is -2.34. The van der Waals surface area contributed by atoms with Crippen molar-refractivity contribution in [2.45, 2.75) is 57.5 Å². The van der Waals surface area contributed by atoms with Gasteiger partial charge in [-0.05, 0) is 50.3 Å². The SMILES string of the molecule is C[C@H](NC(=O)CN1C(=O)N[C@](C)(C2CCCCC2)C1=O)c1ccc2c(c1)OCO2. The summed E-state index contributed by atoms with van der Waals surface area (Å²) >= 11 is 0. The van der Waals surface area contributed by atoms with Gasteiger partial charge in [-0.3, -0.25) is 14.5 Å². The Labute approximate surface area is 169 Å². The van der Waals surface area contributed by atoms with Crippen molar-refractivity contribution in [3.8, 4) is 11.5 Å². The van der Waals surface area contributed by atoms with Gasteiger partial charge in [-0.2, -0.15) is 0 Å². The number of benzene rings is 1. The Hall–Kier alpha value is -2.77. The molecule has 0 spiro atoms. The number of carbonyl (C=O) groups is 3. The summed E-state index contributed by atoms with van der Waals surface area (Å²) in [5.74, 6) is 0.745. The van der Waals surface area contributed by atoms with E-state index in [0.29, 0.717) is 11.5 Å². The topological polar surface area (TPSA) is 97.0 Å². The summed E-state index contributed by atoms with van der Waals surface area (Å²) in [5.41, 5.74) is -0.0624. The molecule has 1 saturated carbocycles. The number of nitrogens with one attached hydrogen (secondary N) is 2. The molecule has 1 aliphatic carbocycles. The fraction of sp³-hybridized carbons (Fsp3) is 0.571. The second-order valence-corrected chi connectivity index (χ2v) is 8.26. The zero-order valence-corrected chi connectivity index (χ0v) is 16.8. The summed E-state index contributed by atoms with van der Waals surface area (Å²) in [6.07, 6.45) is 5.14. The maximum absolute atomic E-state index is 13.0. The first kappa shape index (κ1) is 19.5. The van der Waals surface area contributed by atoms with E-state index in [4.69, 9.17) is 9.47 Å². The number of carbonyl (C=O) groups excluding carboxylic acids is 3. The molecule has 0 radical (unpaired) electrons. The number of hydrogen-bond acceptors (Lipinski definition) is 5. The molecular formula is C21H27N3O5. The summed E-state index contributed by atoms with van der Waals surface area (Å²) in [4.78, 5) is 39.0. The average Bonchev–Trinajstić information content (AvgIpc) is 3.27. The van der Waals surface area contributed by atoms with Crippen LogP contribution < -0.4 is 20.1 Å². The average molecular weight is 401 g/mol. The molecule has 2 N–H and O–H groups in total. The monoisotopic (exact) mass is 401 g/mol. The lowest BCUT2D eigenvalue weighted by Crippen LogP contribution is -2.51. The summed E-state index contributed by atoms with van der Waals surface area (Å²) in [5, 5.41) is 5.70. The largest absolute Gasteiger partial charge is 0.454 e. The van der Waals surface area contributed by atoms with E-state index in [1.165, 1.54) is 6.42 Å². The van der Waals surface area contributed by atoms with Crippen molar-refractivity contribution in [3.05, 3.63) is 23.8 Å². The quantitative estimate of drug-likeness (QED) is 0.739. The second-order valence-electron chi connectivity index (χ2n) is 8.26. The van der Waals surface area contributed by atoms with E-state index < -0.39 is 11.6 Å². The maximum Gasteiger partial charge on any atom is 0.325 e. The summed E-state index contributed by atoms with van der Waals surface area (Å²) in [7, 11) is 0. The number of urea groups is 1. The van der Waals surface area contributed by atoms with E-state index in [1.54, 1.807) is 13.0 Å². The molecule has 156 valence electrons. The van der Waals surface area contributed by atoms with Crippen LogP contribution in [0.15, 0.2) is 18.2 Å². The van der Waals surface area contributed by atoms with Crippen LogP contribution in [0.25, 0.3) is 0 Å². The Kier molecular flexibility index (Phi) is 5.10. The van der Waals surface area contributed by atoms with Crippen molar-refractivity contribution in [2.24, 2.45) is 5.92 Å². The van der Waals surface area contributed by atoms with Crippen LogP contribution >= 0.6 is 0 Å². The van der Waals surface area contributed by atoms with Gasteiger partial charge >= 0.3 is 6.03 Å². The Bertz CT molecular complexity index is 836. The van der Waals surface area contributed by atoms with Gasteiger partial charge in [-0.1, -0.05) is 25.3 Å². The third-order valence-corrected chi connectivity index (χ3v) is 6.30. The Morgan fingerprint density at radius 2 is 1.97 bits per heavy atom. The molecule has 2 heterocycles. The van der Waals surface area contributed by atoms with Gasteiger partial charge in [0.2, 0.25) is 12.7 Å². The minimum atomic E-state index is -0.916. The third kappa shape index (κ3) is 3.63. The van der Waals surface area contributed by atoms with E-state index in [1.807, 2.05) is 19.1 Å². The molecule has 2 fully saturated rings. The molecule has 8 heteroatoms. The fourth-order valence-electron chi connectivity index (χ4n) is 4.51. The van der Waals surface area contributed by atoms with E-state index in [9.17, 15) is 14.4 Å². The van der Waals surface area contributed by atoms with E-state index in [0.717, 1.165) is 36.1 Å². The Morgan fingerprint density at radius 3 is 2.72 bits per heavy atom. The van der Waals surface area contributed by atoms with Gasteiger partial charge in [0.1, 0.15) is 12.1 Å². The number of rotatable bonds is 5. The van der Waals surface area contributed by atoms with Crippen LogP contribution in [-0.4, -0.2) is 41.6 Å². The van der Waals surface area contributed by atoms with E-state index in [-0.39, 0.29) is 37.1 Å². The highest BCUT2D eigenvalue weighted by atomic mass is 16.7. The van der Waals surface area contributed by atoms with Crippen LogP contribution in [0.1, 0.15) is 57.6 Å². The molecule has 1 aromatic carbocycles. The van der Waals surface area contributed by atoms with Crippen molar-refractivity contribution < 1.29 is 23.9 Å². The maximum atomic E-state index is 13.0. The number of imide groups is 1. The van der Waals surface area contributed by atoms with Crippen LogP contribution in [0.5, 0.6) is 11.5 Å². The molecule has 8 nitrogen and oxygen atoms in total. The summed E-state index contributed by atoms with van der Waals surface area (Å²) < 4.78 is 10.7. The fourth-order valence-corrected chi connectivity index (χ4v) is 4.51. The molecule has 1 aromatic rings. The van der Waals surface area contributed by atoms with Gasteiger partial charge in [0.15, 0.2) is 11.5 Å². The van der Waals surface area contributed by atoms with Crippen molar-refractivity contribution in [1.29, 1.82) is 0 Å². The predicted molar refractivity (Wildman–Crippen MR) is 104 cm³/mol. The molecule has 1 saturated heterocycles. The van der Waals surface area contributed by atoms with Crippen LogP contribution in [0.4, 0.5) is 4.79 Å². The number of hydrogen-bond donors (Lipinski definition) is 2. The van der Waals surface area contributed by atoms with Crippen molar-refractivity contribution >= 4 is 17.8 Å². The Morgan fingerprint density at radius 1 is 1.24 bits per heavy atom. The molecule has 4 amide bonds. The first-order valence-electron chi connectivity index (χ1n) is 10.2. The highest BCUT2D eigenvalue weighted by molar-refractivity contribution is 6.09. The molecule has 2 atom stereocenters. The van der Waals surface area contributed by atoms with Gasteiger partial charge in [-0.15, -0.1) is 0 Å². The van der Waals surface area contributed by atoms with E-state index in [2.05, 4.69) is 10.6 Å². The molecule has 3 aliphatic rings. The summed E-state index contributed by atoms with van der Waals surface area (Å²) in [6, 6.07) is 4.68. The highest BCUT2D eigenvalue weighted by Gasteiger charge is 2.52. The Balaban J connectivity index is 1.39. The third-order valence-electron chi connectivity index (χ3n) is 6.30. The van der Waals surface area contributed by atoms with Gasteiger partial charge in [-0.25, -0.2) is 4.79 Å². The van der Waals surface area contributed by atoms with Gasteiger partial charge in [0.25, 0.3) is 5.91 Å². The van der Waals surface area contributed by atoms with Crippen LogP contribution in [-0.2, 0) is 9.59 Å². The van der Waals surface area contributed by atoms with E-state index >= 15 is 0 Å². The van der Waals surface area contributed by atoms with Gasteiger partial charge < -0.3 is 20.1 Å². The number of amides is 4. The second kappa shape index (κ2) is 7.57. The van der Waals surface area contributed by atoms with Crippen molar-refractivity contribution in [1.82, 2.24) is 15.5 Å². The first-order chi connectivity index (χ1) is 13.9. The lowest BCUT2D eigenvalue weighted by atomic mass is 9.75.